The van der Waals surface area contributed by atoms with Crippen molar-refractivity contribution >= 4 is 24.2 Å². The van der Waals surface area contributed by atoms with E-state index < -0.39 is 11.8 Å². The summed E-state index contributed by atoms with van der Waals surface area (Å²) in [4.78, 5) is 37.8. The Morgan fingerprint density at radius 2 is 2.35 bits per heavy atom. The molecule has 0 saturated carbocycles. The van der Waals surface area contributed by atoms with Gasteiger partial charge in [0.05, 0.1) is 0 Å². The minimum atomic E-state index is -0.968. The fraction of sp³-hybridized carbons (Fsp3) is 0.375. The predicted molar refractivity (Wildman–Crippen MR) is 56.5 cm³/mol. The van der Waals surface area contributed by atoms with Crippen molar-refractivity contribution in [1.82, 2.24) is 20.1 Å². The summed E-state index contributed by atoms with van der Waals surface area (Å²) in [5.74, 6) is -1.90. The third-order valence-electron chi connectivity index (χ3n) is 1.83. The molecule has 1 rings (SSSR count). The van der Waals surface area contributed by atoms with E-state index in [9.17, 15) is 14.4 Å². The van der Waals surface area contributed by atoms with Crippen LogP contribution >= 0.6 is 0 Å². The van der Waals surface area contributed by atoms with Crippen LogP contribution in [-0.4, -0.2) is 51.4 Å². The minimum Gasteiger partial charge on any atom is -0.330 e. The number of anilines is 1. The molecule has 17 heavy (non-hydrogen) atoms. The number of nitrogens with one attached hydrogen (secondary N) is 2. The van der Waals surface area contributed by atoms with Gasteiger partial charge in [0, 0.05) is 6.54 Å². The second kappa shape index (κ2) is 6.33. The largest absolute Gasteiger partial charge is 0.330 e. The van der Waals surface area contributed by atoms with Crippen LogP contribution in [0.5, 0.6) is 0 Å². The highest BCUT2D eigenvalue weighted by Crippen LogP contribution is 1.95. The van der Waals surface area contributed by atoms with Crippen LogP contribution in [0, 0.1) is 0 Å². The number of rotatable bonds is 5. The Balaban J connectivity index is 2.55. The van der Waals surface area contributed by atoms with Gasteiger partial charge in [-0.25, -0.2) is 5.10 Å². The molecule has 0 bridgehead atoms. The summed E-state index contributed by atoms with van der Waals surface area (Å²) >= 11 is 0. The molecule has 1 aromatic rings. The molecule has 4 N–H and O–H groups in total. The Kier molecular flexibility index (Phi) is 4.76. The molecule has 0 aliphatic rings. The SMILES string of the molecule is NCCCN(C=O)C(=O)C(=O)Nc1ncn[nH]1. The molecule has 92 valence electrons. The Morgan fingerprint density at radius 3 is 2.88 bits per heavy atom. The molecule has 0 fully saturated rings. The number of amides is 3. The van der Waals surface area contributed by atoms with Crippen molar-refractivity contribution in [2.75, 3.05) is 18.4 Å². The lowest BCUT2D eigenvalue weighted by atomic mass is 10.4. The number of carbonyl (C=O) groups excluding carboxylic acids is 3. The van der Waals surface area contributed by atoms with Crippen molar-refractivity contribution in [1.29, 1.82) is 0 Å². The van der Waals surface area contributed by atoms with Crippen molar-refractivity contribution in [3.8, 4) is 0 Å². The molecule has 0 spiro atoms. The number of aromatic nitrogens is 3. The van der Waals surface area contributed by atoms with Crippen molar-refractivity contribution in [3.05, 3.63) is 6.33 Å². The first kappa shape index (κ1) is 12.8. The van der Waals surface area contributed by atoms with Crippen LogP contribution in [0.4, 0.5) is 5.95 Å². The molecule has 0 atom stereocenters. The van der Waals surface area contributed by atoms with Gasteiger partial charge in [-0.05, 0) is 13.0 Å². The molecule has 3 amide bonds. The topological polar surface area (TPSA) is 134 Å². The maximum Gasteiger partial charge on any atom is 0.318 e. The predicted octanol–water partition coefficient (Wildman–Crippen LogP) is -1.92. The number of carbonyl (C=O) groups is 3. The highest BCUT2D eigenvalue weighted by Gasteiger charge is 2.21. The van der Waals surface area contributed by atoms with Crippen LogP contribution in [0.15, 0.2) is 6.33 Å². The van der Waals surface area contributed by atoms with Crippen LogP contribution in [0.25, 0.3) is 0 Å². The number of hydrogen-bond donors (Lipinski definition) is 3. The van der Waals surface area contributed by atoms with Crippen LogP contribution in [0.3, 0.4) is 0 Å². The Hall–Kier alpha value is -2.29. The molecule has 0 radical (unpaired) electrons. The highest BCUT2D eigenvalue weighted by molar-refractivity contribution is 6.40. The first-order valence-electron chi connectivity index (χ1n) is 4.81. The summed E-state index contributed by atoms with van der Waals surface area (Å²) < 4.78 is 0. The van der Waals surface area contributed by atoms with E-state index >= 15 is 0 Å². The number of H-pyrrole nitrogens is 1. The number of imide groups is 1. The van der Waals surface area contributed by atoms with Gasteiger partial charge in [0.1, 0.15) is 6.33 Å². The zero-order valence-electron chi connectivity index (χ0n) is 8.92. The first-order chi connectivity index (χ1) is 8.19. The van der Waals surface area contributed by atoms with Crippen LogP contribution < -0.4 is 11.1 Å². The van der Waals surface area contributed by atoms with E-state index in [1.54, 1.807) is 0 Å². The number of nitrogens with two attached hydrogens (primary N) is 1. The van der Waals surface area contributed by atoms with Gasteiger partial charge in [-0.3, -0.25) is 24.6 Å². The average Bonchev–Trinajstić information content (AvgIpc) is 2.82. The van der Waals surface area contributed by atoms with Gasteiger partial charge >= 0.3 is 11.8 Å². The third-order valence-corrected chi connectivity index (χ3v) is 1.83. The van der Waals surface area contributed by atoms with Crippen LogP contribution in [-0.2, 0) is 14.4 Å². The molecule has 1 aromatic heterocycles. The van der Waals surface area contributed by atoms with Gasteiger partial charge in [-0.1, -0.05) is 0 Å². The lowest BCUT2D eigenvalue weighted by molar-refractivity contribution is -0.146. The summed E-state index contributed by atoms with van der Waals surface area (Å²) in [6, 6.07) is 0. The lowest BCUT2D eigenvalue weighted by Gasteiger charge is -2.13. The third kappa shape index (κ3) is 3.65. The average molecular weight is 240 g/mol. The molecule has 0 aliphatic heterocycles. The molecular formula is C8H12N6O3. The zero-order valence-corrected chi connectivity index (χ0v) is 8.92. The van der Waals surface area contributed by atoms with Gasteiger partial charge in [0.25, 0.3) is 0 Å². The maximum absolute atomic E-state index is 11.5. The van der Waals surface area contributed by atoms with E-state index in [-0.39, 0.29) is 18.9 Å². The summed E-state index contributed by atoms with van der Waals surface area (Å²) in [5.41, 5.74) is 5.24. The standard InChI is InChI=1S/C8H12N6O3/c9-2-1-3-14(5-15)7(17)6(16)12-8-10-4-11-13-8/h4-5H,1-3,9H2,(H2,10,11,12,13,16). The van der Waals surface area contributed by atoms with Gasteiger partial charge in [0.15, 0.2) is 0 Å². The minimum absolute atomic E-state index is 0.0352. The summed E-state index contributed by atoms with van der Waals surface area (Å²) in [7, 11) is 0. The summed E-state index contributed by atoms with van der Waals surface area (Å²) in [6.45, 7) is 0.421. The Labute approximate surface area is 96.4 Å². The zero-order chi connectivity index (χ0) is 12.7. The summed E-state index contributed by atoms with van der Waals surface area (Å²) in [5, 5.41) is 8.00. The smallest absolute Gasteiger partial charge is 0.318 e. The fourth-order valence-corrected chi connectivity index (χ4v) is 1.02. The van der Waals surface area contributed by atoms with Crippen LogP contribution in [0.1, 0.15) is 6.42 Å². The van der Waals surface area contributed by atoms with Crippen molar-refractivity contribution in [3.63, 3.8) is 0 Å². The van der Waals surface area contributed by atoms with Gasteiger partial charge in [0.2, 0.25) is 12.4 Å². The van der Waals surface area contributed by atoms with E-state index in [1.165, 1.54) is 6.33 Å². The number of hydrogen-bond acceptors (Lipinski definition) is 6. The van der Waals surface area contributed by atoms with Crippen molar-refractivity contribution in [2.24, 2.45) is 5.73 Å². The van der Waals surface area contributed by atoms with Gasteiger partial charge < -0.3 is 5.73 Å². The molecule has 0 aromatic carbocycles. The molecule has 9 nitrogen and oxygen atoms in total. The van der Waals surface area contributed by atoms with E-state index in [1.807, 2.05) is 0 Å². The molecule has 0 saturated heterocycles. The second-order valence-electron chi connectivity index (χ2n) is 3.03. The second-order valence-corrected chi connectivity index (χ2v) is 3.03. The van der Waals surface area contributed by atoms with Crippen molar-refractivity contribution in [2.45, 2.75) is 6.42 Å². The van der Waals surface area contributed by atoms with Crippen LogP contribution in [0.2, 0.25) is 0 Å². The number of nitrogens with zero attached hydrogens (tertiary/aromatic N) is 3. The Bertz CT molecular complexity index is 390. The molecule has 1 heterocycles. The summed E-state index contributed by atoms with van der Waals surface area (Å²) in [6.07, 6.45) is 1.89. The quantitative estimate of drug-likeness (QED) is 0.405. The number of aromatic amines is 1. The monoisotopic (exact) mass is 240 g/mol. The first-order valence-corrected chi connectivity index (χ1v) is 4.81. The molecule has 0 unspecified atom stereocenters. The van der Waals surface area contributed by atoms with E-state index in [2.05, 4.69) is 20.5 Å². The van der Waals surface area contributed by atoms with Gasteiger partial charge in [-0.15, -0.1) is 0 Å². The Morgan fingerprint density at radius 1 is 1.59 bits per heavy atom. The van der Waals surface area contributed by atoms with Gasteiger partial charge in [-0.2, -0.15) is 10.1 Å². The van der Waals surface area contributed by atoms with E-state index in [4.69, 9.17) is 5.73 Å². The lowest BCUT2D eigenvalue weighted by Crippen LogP contribution is -2.40. The van der Waals surface area contributed by atoms with E-state index in [0.717, 1.165) is 4.90 Å². The van der Waals surface area contributed by atoms with Crippen molar-refractivity contribution < 1.29 is 14.4 Å². The maximum atomic E-state index is 11.5. The normalized spacial score (nSPS) is 9.71. The molecule has 9 heteroatoms. The highest BCUT2D eigenvalue weighted by atomic mass is 16.2. The fourth-order valence-electron chi connectivity index (χ4n) is 1.02. The molecular weight excluding hydrogens is 228 g/mol. The van der Waals surface area contributed by atoms with E-state index in [0.29, 0.717) is 13.0 Å². The molecule has 0 aliphatic carbocycles.